The maximum atomic E-state index is 4.78. The van der Waals surface area contributed by atoms with Crippen LogP contribution in [0.3, 0.4) is 0 Å². The lowest BCUT2D eigenvalue weighted by atomic mass is 9.97. The highest BCUT2D eigenvalue weighted by Crippen LogP contribution is 2.42. The topological polar surface area (TPSA) is 58.6 Å². The van der Waals surface area contributed by atoms with Crippen molar-refractivity contribution < 1.29 is 0 Å². The van der Waals surface area contributed by atoms with Gasteiger partial charge < -0.3 is 19.8 Å². The lowest BCUT2D eigenvalue weighted by Gasteiger charge is -2.12. The number of hydrogen-bond donors (Lipinski definition) is 2. The molecule has 0 bridgehead atoms. The minimum Gasteiger partial charge on any atom is -0.366 e. The fourth-order valence-electron chi connectivity index (χ4n) is 9.83. The van der Waals surface area contributed by atoms with Crippen LogP contribution in [-0.2, 0) is 0 Å². The number of hydrogen-bond acceptors (Lipinski definition) is 5. The zero-order valence-electron chi connectivity index (χ0n) is 34.1. The minimum absolute atomic E-state index is 0.758. The number of aromatic nitrogens is 2. The second kappa shape index (κ2) is 14.3. The molecule has 0 amide bonds. The Hall–Kier alpha value is -8.00. The van der Waals surface area contributed by atoms with Crippen molar-refractivity contribution in [1.29, 1.82) is 0 Å². The van der Waals surface area contributed by atoms with Crippen LogP contribution in [-0.4, -0.2) is 33.9 Å². The first-order valence-electron chi connectivity index (χ1n) is 21.4. The molecule has 5 heterocycles. The lowest BCUT2D eigenvalue weighted by Crippen LogP contribution is -2.26. The van der Waals surface area contributed by atoms with E-state index in [4.69, 9.17) is 9.98 Å². The highest BCUT2D eigenvalue weighted by molar-refractivity contribution is 7.25. The van der Waals surface area contributed by atoms with Gasteiger partial charge in [-0.1, -0.05) is 84.9 Å². The number of amidine groups is 2. The van der Waals surface area contributed by atoms with E-state index in [2.05, 4.69) is 190 Å². The molecule has 298 valence electrons. The Morgan fingerprint density at radius 1 is 0.397 bits per heavy atom. The standard InChI is InChI=1S/C56H38N6S/c1-3-11-39(12-4-1)61-47-23-19-35(33-45(47)53-41(15-7-17-49(53)61)55-57-27-9-28-58-55)37-21-25-51-43(31-37)44-32-38(22-26-52(44)63-51)36-20-24-48-46(34-36)54-42(56-59-29-10-30-60-56)16-8-18-50(54)62(48)40-13-5-2-6-14-40/h1-27,29,31-34H,28,30H2,(H,57,58)(H,59,60). The van der Waals surface area contributed by atoms with Gasteiger partial charge in [-0.25, -0.2) is 9.98 Å². The Morgan fingerprint density at radius 3 is 1.25 bits per heavy atom. The summed E-state index contributed by atoms with van der Waals surface area (Å²) in [6.45, 7) is 1.52. The monoisotopic (exact) mass is 826 g/mol. The second-order valence-corrected chi connectivity index (χ2v) is 17.3. The first kappa shape index (κ1) is 35.7. The van der Waals surface area contributed by atoms with Gasteiger partial charge in [0.15, 0.2) is 0 Å². The number of thiophene rings is 1. The van der Waals surface area contributed by atoms with E-state index < -0.39 is 0 Å². The van der Waals surface area contributed by atoms with E-state index >= 15 is 0 Å². The molecule has 2 aliphatic heterocycles. The zero-order valence-corrected chi connectivity index (χ0v) is 34.9. The molecular weight excluding hydrogens is 789 g/mol. The molecule has 0 fully saturated rings. The summed E-state index contributed by atoms with van der Waals surface area (Å²) in [5.41, 5.74) is 13.9. The van der Waals surface area contributed by atoms with E-state index in [-0.39, 0.29) is 0 Å². The molecule has 6 nitrogen and oxygen atoms in total. The number of aliphatic imine (C=N–C) groups is 2. The van der Waals surface area contributed by atoms with E-state index in [1.807, 2.05) is 35.9 Å². The van der Waals surface area contributed by atoms with Crippen molar-refractivity contribution in [3.05, 3.63) is 206 Å². The maximum Gasteiger partial charge on any atom is 0.134 e. The molecule has 63 heavy (non-hydrogen) atoms. The molecule has 3 aromatic heterocycles. The molecule has 0 aliphatic carbocycles. The van der Waals surface area contributed by atoms with Crippen LogP contribution in [0.25, 0.3) is 97.4 Å². The fourth-order valence-corrected chi connectivity index (χ4v) is 10.9. The Labute approximate surface area is 367 Å². The summed E-state index contributed by atoms with van der Waals surface area (Å²) in [6.07, 6.45) is 7.90. The molecule has 0 unspecified atom stereocenters. The van der Waals surface area contributed by atoms with Gasteiger partial charge in [0.25, 0.3) is 0 Å². The summed E-state index contributed by atoms with van der Waals surface area (Å²) in [6, 6.07) is 62.3. The minimum atomic E-state index is 0.758. The van der Waals surface area contributed by atoms with Crippen LogP contribution in [0.15, 0.2) is 204 Å². The summed E-state index contributed by atoms with van der Waals surface area (Å²) in [5, 5.41) is 14.4. The molecule has 0 radical (unpaired) electrons. The predicted octanol–water partition coefficient (Wildman–Crippen LogP) is 13.3. The predicted molar refractivity (Wildman–Crippen MR) is 266 cm³/mol. The Bertz CT molecular complexity index is 3540. The average molecular weight is 827 g/mol. The van der Waals surface area contributed by atoms with Crippen LogP contribution in [0, 0.1) is 0 Å². The third-order valence-electron chi connectivity index (χ3n) is 12.6. The molecule has 2 N–H and O–H groups in total. The van der Waals surface area contributed by atoms with Gasteiger partial charge in [0, 0.05) is 89.7 Å². The smallest absolute Gasteiger partial charge is 0.134 e. The van der Waals surface area contributed by atoms with E-state index in [9.17, 15) is 0 Å². The van der Waals surface area contributed by atoms with Gasteiger partial charge in [-0.15, -0.1) is 11.3 Å². The Balaban J connectivity index is 0.966. The zero-order chi connectivity index (χ0) is 41.4. The van der Waals surface area contributed by atoms with Crippen LogP contribution in [0.1, 0.15) is 11.1 Å². The van der Waals surface area contributed by atoms with Crippen LogP contribution in [0.2, 0.25) is 0 Å². The Morgan fingerprint density at radius 2 is 0.825 bits per heavy atom. The van der Waals surface area contributed by atoms with Gasteiger partial charge in [0.05, 0.1) is 22.1 Å². The van der Waals surface area contributed by atoms with Crippen LogP contribution in [0.5, 0.6) is 0 Å². The number of nitrogens with one attached hydrogen (secondary N) is 2. The second-order valence-electron chi connectivity index (χ2n) is 16.2. The van der Waals surface area contributed by atoms with E-state index in [1.165, 1.54) is 75.0 Å². The molecular formula is C56H38N6S. The van der Waals surface area contributed by atoms with Crippen molar-refractivity contribution in [2.45, 2.75) is 0 Å². The van der Waals surface area contributed by atoms with Crippen molar-refractivity contribution >= 4 is 86.8 Å². The summed E-state index contributed by atoms with van der Waals surface area (Å²) < 4.78 is 7.32. The summed E-state index contributed by atoms with van der Waals surface area (Å²) in [5.74, 6) is 1.80. The first-order valence-corrected chi connectivity index (χ1v) is 22.2. The maximum absolute atomic E-state index is 4.78. The fraction of sp³-hybridized carbons (Fsp3) is 0.0357. The van der Waals surface area contributed by atoms with E-state index in [1.54, 1.807) is 0 Å². The van der Waals surface area contributed by atoms with E-state index in [0.29, 0.717) is 0 Å². The molecule has 0 spiro atoms. The summed E-state index contributed by atoms with van der Waals surface area (Å²) in [7, 11) is 0. The van der Waals surface area contributed by atoms with Crippen molar-refractivity contribution in [2.75, 3.05) is 13.1 Å². The normalized spacial score (nSPS) is 13.9. The van der Waals surface area contributed by atoms with Crippen molar-refractivity contribution in [3.63, 3.8) is 0 Å². The van der Waals surface area contributed by atoms with Crippen LogP contribution >= 0.6 is 11.3 Å². The van der Waals surface area contributed by atoms with Crippen LogP contribution < -0.4 is 10.6 Å². The van der Waals surface area contributed by atoms with Crippen molar-refractivity contribution in [1.82, 2.24) is 19.8 Å². The number of nitrogens with zero attached hydrogens (tertiary/aromatic N) is 4. The Kier molecular flexibility index (Phi) is 8.11. The average Bonchev–Trinajstić information content (AvgIpc) is 4.01. The van der Waals surface area contributed by atoms with Crippen LogP contribution in [0.4, 0.5) is 0 Å². The number of fused-ring (bicyclic) bond motifs is 9. The molecule has 7 heteroatoms. The summed E-state index contributed by atoms with van der Waals surface area (Å²) in [4.78, 5) is 9.55. The molecule has 13 rings (SSSR count). The van der Waals surface area contributed by atoms with Gasteiger partial charge in [-0.3, -0.25) is 0 Å². The highest BCUT2D eigenvalue weighted by Gasteiger charge is 2.21. The SMILES string of the molecule is C1=CN=C(c2cccc3c2c2cc(-c4ccc5sc6ccc(-c7ccc8c(c7)c7c(C9=NC=CCN9)cccc7n8-c7ccccc7)cc6c5c4)ccc2n3-c2ccccc2)NC1. The van der Waals surface area contributed by atoms with Gasteiger partial charge in [-0.2, -0.15) is 0 Å². The molecule has 2 aliphatic rings. The van der Waals surface area contributed by atoms with Gasteiger partial charge in [-0.05, 0) is 119 Å². The molecule has 0 saturated heterocycles. The van der Waals surface area contributed by atoms with Crippen molar-refractivity contribution in [2.24, 2.45) is 9.98 Å². The van der Waals surface area contributed by atoms with Gasteiger partial charge in [0.2, 0.25) is 0 Å². The number of rotatable bonds is 6. The van der Waals surface area contributed by atoms with Gasteiger partial charge in [0.1, 0.15) is 11.7 Å². The quantitative estimate of drug-likeness (QED) is 0.175. The molecule has 11 aromatic rings. The summed E-state index contributed by atoms with van der Waals surface area (Å²) >= 11 is 1.86. The van der Waals surface area contributed by atoms with Gasteiger partial charge >= 0.3 is 0 Å². The molecule has 0 saturated carbocycles. The first-order chi connectivity index (χ1) is 31.2. The number of benzene rings is 8. The van der Waals surface area contributed by atoms with E-state index in [0.717, 1.165) is 58.3 Å². The largest absolute Gasteiger partial charge is 0.366 e. The van der Waals surface area contributed by atoms with Crippen molar-refractivity contribution in [3.8, 4) is 33.6 Å². The molecule has 0 atom stereocenters. The third-order valence-corrected chi connectivity index (χ3v) is 13.8. The number of para-hydroxylation sites is 2. The lowest BCUT2D eigenvalue weighted by molar-refractivity contribution is 1.01. The molecule has 8 aromatic carbocycles. The highest BCUT2D eigenvalue weighted by atomic mass is 32.1. The third kappa shape index (κ3) is 5.70.